The van der Waals surface area contributed by atoms with Crippen LogP contribution in [0.4, 0.5) is 28.9 Å². The largest absolute Gasteiger partial charge is 0.490 e. The van der Waals surface area contributed by atoms with Crippen molar-refractivity contribution in [1.29, 1.82) is 0 Å². The van der Waals surface area contributed by atoms with Crippen molar-refractivity contribution in [3.8, 4) is 0 Å². The lowest BCUT2D eigenvalue weighted by molar-refractivity contribution is -0.192. The van der Waals surface area contributed by atoms with Crippen molar-refractivity contribution in [1.82, 2.24) is 0 Å². The Morgan fingerprint density at radius 1 is 1.11 bits per heavy atom. The summed E-state index contributed by atoms with van der Waals surface area (Å²) in [6.07, 6.45) is -4.54. The van der Waals surface area contributed by atoms with Crippen LogP contribution in [0.3, 0.4) is 0 Å². The van der Waals surface area contributed by atoms with Crippen LogP contribution >= 0.6 is 11.6 Å². The first kappa shape index (κ1) is 28.2. The van der Waals surface area contributed by atoms with E-state index in [4.69, 9.17) is 21.5 Å². The molecule has 2 aromatic carbocycles. The predicted octanol–water partition coefficient (Wildman–Crippen LogP) is 5.47. The molecule has 1 saturated heterocycles. The van der Waals surface area contributed by atoms with Gasteiger partial charge in [0.25, 0.3) is 0 Å². The van der Waals surface area contributed by atoms with Crippen molar-refractivity contribution in [3.05, 3.63) is 58.9 Å². The summed E-state index contributed by atoms with van der Waals surface area (Å²) in [7, 11) is 0. The second kappa shape index (κ2) is 9.85. The molecule has 3 N–H and O–H groups in total. The molecule has 7 nitrogen and oxygen atoms in total. The molecule has 2 aliphatic rings. The van der Waals surface area contributed by atoms with Gasteiger partial charge < -0.3 is 20.4 Å². The Kier molecular flexibility index (Phi) is 7.51. The van der Waals surface area contributed by atoms with E-state index >= 15 is 4.39 Å². The lowest BCUT2D eigenvalue weighted by atomic mass is 9.69. The number of rotatable bonds is 3. The van der Waals surface area contributed by atoms with E-state index in [9.17, 15) is 27.9 Å². The van der Waals surface area contributed by atoms with Crippen molar-refractivity contribution in [2.45, 2.75) is 57.3 Å². The molecular formula is C25H25ClF4N2O5. The Hall–Kier alpha value is -3.34. The standard InChI is InChI=1S/C23H24ClFN2O3.C2HF3O2/c1-22(2,3)12-18-23(13-7-4-5-9-15(13)26-21(23)30)11-17(20(28)29)27(18)16-10-6-8-14(24)19(16)25;3-2(4,5)1(6)7/h4-10,17-18H,11-12H2,1-3H3,(H,26,30)(H,28,29);(H,6,7). The smallest absolute Gasteiger partial charge is 0.480 e. The fourth-order valence-electron chi connectivity index (χ4n) is 4.95. The van der Waals surface area contributed by atoms with Gasteiger partial charge in [0.1, 0.15) is 6.04 Å². The van der Waals surface area contributed by atoms with Gasteiger partial charge in [-0.1, -0.05) is 56.6 Å². The molecule has 2 heterocycles. The molecule has 3 unspecified atom stereocenters. The summed E-state index contributed by atoms with van der Waals surface area (Å²) in [5.74, 6) is -4.77. The fourth-order valence-corrected chi connectivity index (χ4v) is 5.12. The van der Waals surface area contributed by atoms with Gasteiger partial charge >= 0.3 is 18.1 Å². The zero-order valence-corrected chi connectivity index (χ0v) is 20.8. The molecule has 200 valence electrons. The van der Waals surface area contributed by atoms with Crippen LogP contribution in [0.15, 0.2) is 42.5 Å². The van der Waals surface area contributed by atoms with Crippen LogP contribution in [0.25, 0.3) is 0 Å². The number of alkyl halides is 3. The average molecular weight is 545 g/mol. The number of carbonyl (C=O) groups excluding carboxylic acids is 1. The van der Waals surface area contributed by atoms with Gasteiger partial charge in [0, 0.05) is 11.7 Å². The third-order valence-corrected chi connectivity index (χ3v) is 6.65. The fraction of sp³-hybridized carbons (Fsp3) is 0.400. The number of nitrogens with zero attached hydrogens (tertiary/aromatic N) is 1. The Morgan fingerprint density at radius 2 is 1.70 bits per heavy atom. The van der Waals surface area contributed by atoms with Gasteiger partial charge in [-0.25, -0.2) is 14.0 Å². The lowest BCUT2D eigenvalue weighted by Crippen LogP contribution is -2.50. The lowest BCUT2D eigenvalue weighted by Gasteiger charge is -2.39. The van der Waals surface area contributed by atoms with Gasteiger partial charge in [0.15, 0.2) is 5.82 Å². The molecule has 37 heavy (non-hydrogen) atoms. The van der Waals surface area contributed by atoms with Crippen molar-refractivity contribution >= 4 is 40.8 Å². The van der Waals surface area contributed by atoms with E-state index in [2.05, 4.69) is 5.32 Å². The van der Waals surface area contributed by atoms with Crippen LogP contribution in [0.5, 0.6) is 0 Å². The number of carbonyl (C=O) groups is 3. The minimum absolute atomic E-state index is 0.0535. The number of halogens is 5. The SMILES string of the molecule is CC(C)(C)CC1N(c2cccc(Cl)c2F)C(C(=O)O)CC12C(=O)Nc1ccccc12.O=C(O)C(F)(F)F. The number of carboxylic acid groups (broad SMARTS) is 2. The number of fused-ring (bicyclic) bond motifs is 2. The quantitative estimate of drug-likeness (QED) is 0.442. The van der Waals surface area contributed by atoms with Crippen LogP contribution < -0.4 is 10.2 Å². The minimum Gasteiger partial charge on any atom is -0.480 e. The number of aliphatic carboxylic acids is 2. The molecule has 0 radical (unpaired) electrons. The molecule has 0 saturated carbocycles. The molecule has 0 aromatic heterocycles. The molecule has 0 bridgehead atoms. The van der Waals surface area contributed by atoms with Crippen LogP contribution in [0, 0.1) is 11.2 Å². The van der Waals surface area contributed by atoms with E-state index in [1.165, 1.54) is 12.1 Å². The monoisotopic (exact) mass is 544 g/mol. The highest BCUT2D eigenvalue weighted by Crippen LogP contribution is 2.54. The summed E-state index contributed by atoms with van der Waals surface area (Å²) < 4.78 is 46.8. The number of benzene rings is 2. The van der Waals surface area contributed by atoms with E-state index in [0.717, 1.165) is 5.56 Å². The van der Waals surface area contributed by atoms with Crippen LogP contribution in [0.1, 0.15) is 39.2 Å². The molecule has 4 rings (SSSR count). The Labute approximate surface area is 215 Å². The van der Waals surface area contributed by atoms with Gasteiger partial charge in [-0.05, 0) is 42.0 Å². The van der Waals surface area contributed by atoms with Crippen molar-refractivity contribution in [2.24, 2.45) is 5.41 Å². The van der Waals surface area contributed by atoms with Gasteiger partial charge in [-0.15, -0.1) is 0 Å². The van der Waals surface area contributed by atoms with E-state index < -0.39 is 41.4 Å². The highest BCUT2D eigenvalue weighted by molar-refractivity contribution is 6.31. The van der Waals surface area contributed by atoms with E-state index in [0.29, 0.717) is 12.1 Å². The number of anilines is 2. The van der Waals surface area contributed by atoms with E-state index in [1.54, 1.807) is 11.0 Å². The first-order chi connectivity index (χ1) is 17.0. The van der Waals surface area contributed by atoms with Crippen molar-refractivity contribution < 1.29 is 42.2 Å². The summed E-state index contributed by atoms with van der Waals surface area (Å²) >= 11 is 6.03. The van der Waals surface area contributed by atoms with E-state index in [-0.39, 0.29) is 28.5 Å². The second-order valence-corrected chi connectivity index (χ2v) is 10.5. The van der Waals surface area contributed by atoms with Crippen LogP contribution in [0.2, 0.25) is 5.02 Å². The van der Waals surface area contributed by atoms with E-state index in [1.807, 2.05) is 45.0 Å². The van der Waals surface area contributed by atoms with Crippen LogP contribution in [-0.4, -0.2) is 46.3 Å². The molecule has 1 spiro atoms. The van der Waals surface area contributed by atoms with Gasteiger partial charge in [-0.3, -0.25) is 4.79 Å². The predicted molar refractivity (Wildman–Crippen MR) is 128 cm³/mol. The van der Waals surface area contributed by atoms with Crippen molar-refractivity contribution in [3.63, 3.8) is 0 Å². The number of nitrogens with one attached hydrogen (secondary N) is 1. The maximum absolute atomic E-state index is 15.1. The molecular weight excluding hydrogens is 520 g/mol. The zero-order valence-electron chi connectivity index (χ0n) is 20.1. The number of para-hydroxylation sites is 1. The molecule has 3 atom stereocenters. The summed E-state index contributed by atoms with van der Waals surface area (Å²) in [4.78, 5) is 36.2. The van der Waals surface area contributed by atoms with Gasteiger partial charge in [0.05, 0.1) is 16.1 Å². The molecule has 1 amide bonds. The maximum Gasteiger partial charge on any atom is 0.490 e. The first-order valence-corrected chi connectivity index (χ1v) is 11.5. The number of hydrogen-bond acceptors (Lipinski definition) is 4. The average Bonchev–Trinajstić information content (AvgIpc) is 3.25. The number of carboxylic acids is 2. The van der Waals surface area contributed by atoms with Crippen molar-refractivity contribution in [2.75, 3.05) is 10.2 Å². The third kappa shape index (κ3) is 5.36. The Bertz CT molecular complexity index is 1230. The van der Waals surface area contributed by atoms with Crippen LogP contribution in [-0.2, 0) is 19.8 Å². The molecule has 2 aromatic rings. The first-order valence-electron chi connectivity index (χ1n) is 11.2. The maximum atomic E-state index is 15.1. The molecule has 2 aliphatic heterocycles. The summed E-state index contributed by atoms with van der Waals surface area (Å²) in [5.41, 5.74) is 0.218. The van der Waals surface area contributed by atoms with Gasteiger partial charge in [-0.2, -0.15) is 13.2 Å². The molecule has 12 heteroatoms. The number of amides is 1. The Balaban J connectivity index is 0.000000479. The van der Waals surface area contributed by atoms with Gasteiger partial charge in [0.2, 0.25) is 5.91 Å². The molecule has 1 fully saturated rings. The molecule has 0 aliphatic carbocycles. The highest BCUT2D eigenvalue weighted by Gasteiger charge is 2.63. The topological polar surface area (TPSA) is 107 Å². The summed E-state index contributed by atoms with van der Waals surface area (Å²) in [6.45, 7) is 6.08. The summed E-state index contributed by atoms with van der Waals surface area (Å²) in [5, 5.41) is 20.0. The minimum atomic E-state index is -5.08. The normalized spacial score (nSPS) is 22.8. The second-order valence-electron chi connectivity index (χ2n) is 10.1. The highest BCUT2D eigenvalue weighted by atomic mass is 35.5. The Morgan fingerprint density at radius 3 is 2.24 bits per heavy atom. The summed E-state index contributed by atoms with van der Waals surface area (Å²) in [6, 6.07) is 10.3. The number of hydrogen-bond donors (Lipinski definition) is 3. The zero-order chi connectivity index (χ0) is 27.9. The third-order valence-electron chi connectivity index (χ3n) is 6.36.